The molecule has 1 amide bonds. The smallest absolute Gasteiger partial charge is 0.269 e. The molecule has 5 heteroatoms. The fourth-order valence-electron chi connectivity index (χ4n) is 0.826. The fourth-order valence-corrected chi connectivity index (χ4v) is 0.826. The highest BCUT2D eigenvalue weighted by molar-refractivity contribution is 6.25. The van der Waals surface area contributed by atoms with Crippen LogP contribution in [0.3, 0.4) is 0 Å². The normalized spacial score (nSPS) is 18.6. The quantitative estimate of drug-likeness (QED) is 0.276. The molecule has 0 saturated carbocycles. The van der Waals surface area contributed by atoms with Crippen molar-refractivity contribution < 1.29 is 10.0 Å². The van der Waals surface area contributed by atoms with Gasteiger partial charge in [-0.1, -0.05) is 5.16 Å². The number of nitrogens with zero attached hydrogens (tertiary/aromatic N) is 2. The minimum Gasteiger partial charge on any atom is -0.411 e. The summed E-state index contributed by atoms with van der Waals surface area (Å²) in [7, 11) is 0. The Morgan fingerprint density at radius 3 is 3.10 bits per heavy atom. The summed E-state index contributed by atoms with van der Waals surface area (Å²) in [6.45, 7) is 2.04. The summed E-state index contributed by atoms with van der Waals surface area (Å²) in [5.41, 5.74) is 0. The largest absolute Gasteiger partial charge is 0.411 e. The maximum absolute atomic E-state index is 10.8. The van der Waals surface area contributed by atoms with Crippen LogP contribution >= 0.6 is 0 Å². The lowest BCUT2D eigenvalue weighted by atomic mass is 10.5. The summed E-state index contributed by atoms with van der Waals surface area (Å²) in [5.74, 6) is -0.257. The molecule has 0 spiro atoms. The topological polar surface area (TPSA) is 64.9 Å². The second kappa shape index (κ2) is 3.17. The van der Waals surface area contributed by atoms with Crippen molar-refractivity contribution in [2.45, 2.75) is 0 Å². The van der Waals surface area contributed by atoms with E-state index in [-0.39, 0.29) is 5.91 Å². The summed E-state index contributed by atoms with van der Waals surface area (Å²) in [4.78, 5) is 12.4. The summed E-state index contributed by atoms with van der Waals surface area (Å²) in [6.07, 6.45) is 0.896. The molecule has 10 heavy (non-hydrogen) atoms. The Kier molecular flexibility index (Phi) is 2.22. The lowest BCUT2D eigenvalue weighted by Crippen LogP contribution is -2.30. The van der Waals surface area contributed by atoms with Crippen LogP contribution in [0.4, 0.5) is 0 Å². The molecule has 0 aliphatic carbocycles. The first-order chi connectivity index (χ1) is 4.84. The molecular weight excluding hydrogens is 134 g/mol. The van der Waals surface area contributed by atoms with Crippen LogP contribution in [0.2, 0.25) is 0 Å². The van der Waals surface area contributed by atoms with Crippen LogP contribution in [0.15, 0.2) is 5.16 Å². The third-order valence-corrected chi connectivity index (χ3v) is 1.34. The van der Waals surface area contributed by atoms with Crippen LogP contribution in [0, 0.1) is 0 Å². The Morgan fingerprint density at radius 2 is 2.60 bits per heavy atom. The van der Waals surface area contributed by atoms with Gasteiger partial charge in [0.25, 0.3) is 5.91 Å². The number of nitrogens with one attached hydrogen (secondary N) is 1. The molecule has 56 valence electrons. The highest BCUT2D eigenvalue weighted by Gasteiger charge is 2.14. The molecule has 5 nitrogen and oxygen atoms in total. The van der Waals surface area contributed by atoms with Crippen LogP contribution < -0.4 is 5.32 Å². The number of carbonyl (C=O) groups excluding carboxylic acids is 1. The first-order valence-electron chi connectivity index (χ1n) is 3.01. The Bertz CT molecular complexity index is 151. The van der Waals surface area contributed by atoms with Gasteiger partial charge in [-0.15, -0.1) is 0 Å². The van der Waals surface area contributed by atoms with Gasteiger partial charge in [-0.2, -0.15) is 0 Å². The average molecular weight is 143 g/mol. The van der Waals surface area contributed by atoms with Crippen molar-refractivity contribution >= 4 is 12.1 Å². The zero-order valence-corrected chi connectivity index (χ0v) is 5.45. The van der Waals surface area contributed by atoms with Gasteiger partial charge in [0.15, 0.2) is 0 Å². The van der Waals surface area contributed by atoms with E-state index >= 15 is 0 Å². The van der Waals surface area contributed by atoms with Crippen LogP contribution in [0.1, 0.15) is 0 Å². The second-order valence-electron chi connectivity index (χ2n) is 2.00. The third-order valence-electron chi connectivity index (χ3n) is 1.34. The summed E-state index contributed by atoms with van der Waals surface area (Å²) >= 11 is 0. The highest BCUT2D eigenvalue weighted by atomic mass is 16.4. The number of hydrogen-bond donors (Lipinski definition) is 2. The molecule has 1 heterocycles. The molecule has 0 unspecified atom stereocenters. The van der Waals surface area contributed by atoms with Crippen LogP contribution in [-0.2, 0) is 4.79 Å². The molecule has 0 radical (unpaired) electrons. The summed E-state index contributed by atoms with van der Waals surface area (Å²) in [5, 5.41) is 13.6. The van der Waals surface area contributed by atoms with Gasteiger partial charge in [-0.25, -0.2) is 0 Å². The van der Waals surface area contributed by atoms with Crippen LogP contribution in [0.25, 0.3) is 0 Å². The van der Waals surface area contributed by atoms with Crippen LogP contribution in [-0.4, -0.2) is 42.0 Å². The van der Waals surface area contributed by atoms with Crippen molar-refractivity contribution in [3.05, 3.63) is 0 Å². The molecular formula is C5H9N3O2. The van der Waals surface area contributed by atoms with E-state index < -0.39 is 0 Å². The van der Waals surface area contributed by atoms with Crippen molar-refractivity contribution in [2.24, 2.45) is 5.16 Å². The van der Waals surface area contributed by atoms with E-state index in [9.17, 15) is 4.79 Å². The van der Waals surface area contributed by atoms with Gasteiger partial charge in [0, 0.05) is 13.1 Å². The molecule has 0 bridgehead atoms. The van der Waals surface area contributed by atoms with E-state index in [1.807, 2.05) is 0 Å². The van der Waals surface area contributed by atoms with E-state index in [4.69, 9.17) is 5.21 Å². The first-order valence-corrected chi connectivity index (χ1v) is 3.01. The zero-order chi connectivity index (χ0) is 7.40. The van der Waals surface area contributed by atoms with Crippen molar-refractivity contribution in [3.63, 3.8) is 0 Å². The Hall–Kier alpha value is -1.10. The molecule has 0 aromatic rings. The van der Waals surface area contributed by atoms with Gasteiger partial charge in [0.05, 0.1) is 6.67 Å². The molecule has 0 atom stereocenters. The number of hydrogen-bond acceptors (Lipinski definition) is 4. The maximum atomic E-state index is 10.8. The molecule has 1 rings (SSSR count). The van der Waals surface area contributed by atoms with Crippen molar-refractivity contribution in [1.29, 1.82) is 0 Å². The standard InChI is InChI=1S/C5H9N3O2/c9-5(3-7-10)8-2-1-6-4-8/h3,6,10H,1-2,4H2/b7-3+. The zero-order valence-electron chi connectivity index (χ0n) is 5.45. The predicted octanol–water partition coefficient (Wildman–Crippen LogP) is -1.16. The van der Waals surface area contributed by atoms with Gasteiger partial charge >= 0.3 is 0 Å². The molecule has 0 aromatic carbocycles. The van der Waals surface area contributed by atoms with Crippen molar-refractivity contribution in [1.82, 2.24) is 10.2 Å². The number of rotatable bonds is 1. The molecule has 1 fully saturated rings. The monoisotopic (exact) mass is 143 g/mol. The van der Waals surface area contributed by atoms with Crippen LogP contribution in [0.5, 0.6) is 0 Å². The van der Waals surface area contributed by atoms with E-state index in [1.165, 1.54) is 0 Å². The number of carbonyl (C=O) groups is 1. The van der Waals surface area contributed by atoms with E-state index in [1.54, 1.807) is 4.90 Å². The molecule has 1 aliphatic heterocycles. The molecule has 0 aromatic heterocycles. The third kappa shape index (κ3) is 1.44. The van der Waals surface area contributed by atoms with Gasteiger partial charge in [0.1, 0.15) is 6.21 Å². The molecule has 1 aliphatic rings. The van der Waals surface area contributed by atoms with E-state index in [0.717, 1.165) is 12.8 Å². The van der Waals surface area contributed by atoms with Gasteiger partial charge in [-0.3, -0.25) is 10.1 Å². The Balaban J connectivity index is 2.40. The SMILES string of the molecule is O=C(/C=N/O)N1CCNC1. The first kappa shape index (κ1) is 7.01. The minimum atomic E-state index is -0.257. The van der Waals surface area contributed by atoms with Gasteiger partial charge < -0.3 is 10.1 Å². The average Bonchev–Trinajstić information content (AvgIpc) is 2.38. The van der Waals surface area contributed by atoms with Crippen molar-refractivity contribution in [3.8, 4) is 0 Å². The van der Waals surface area contributed by atoms with E-state index in [0.29, 0.717) is 13.2 Å². The maximum Gasteiger partial charge on any atom is 0.269 e. The second-order valence-corrected chi connectivity index (χ2v) is 2.00. The lowest BCUT2D eigenvalue weighted by Gasteiger charge is -2.09. The Labute approximate surface area is 58.3 Å². The van der Waals surface area contributed by atoms with Crippen molar-refractivity contribution in [2.75, 3.05) is 19.8 Å². The van der Waals surface area contributed by atoms with Gasteiger partial charge in [-0.05, 0) is 0 Å². The summed E-state index contributed by atoms with van der Waals surface area (Å²) in [6, 6.07) is 0. The highest BCUT2D eigenvalue weighted by Crippen LogP contribution is 1.90. The minimum absolute atomic E-state index is 0.257. The predicted molar refractivity (Wildman–Crippen MR) is 34.9 cm³/mol. The lowest BCUT2D eigenvalue weighted by molar-refractivity contribution is -0.122. The fraction of sp³-hybridized carbons (Fsp3) is 0.600. The van der Waals surface area contributed by atoms with Gasteiger partial charge in [0.2, 0.25) is 0 Å². The molecule has 2 N–H and O–H groups in total. The molecule has 1 saturated heterocycles. The Morgan fingerprint density at radius 1 is 1.80 bits per heavy atom. The number of oxime groups is 1. The van der Waals surface area contributed by atoms with E-state index in [2.05, 4.69) is 10.5 Å². The summed E-state index contributed by atoms with van der Waals surface area (Å²) < 4.78 is 0. The number of amides is 1.